The van der Waals surface area contributed by atoms with E-state index in [0.29, 0.717) is 25.7 Å². The molecule has 0 saturated carbocycles. The van der Waals surface area contributed by atoms with Crippen LogP contribution < -0.4 is 0 Å². The van der Waals surface area contributed by atoms with Gasteiger partial charge in [0.1, 0.15) is 19.3 Å². The maximum absolute atomic E-state index is 13.0. The third kappa shape index (κ3) is 67.3. The van der Waals surface area contributed by atoms with Gasteiger partial charge in [0.2, 0.25) is 0 Å². The molecule has 0 aromatic rings. The first-order valence-corrected chi connectivity index (χ1v) is 40.5. The monoisotopic (exact) mass is 1370 g/mol. The van der Waals surface area contributed by atoms with Crippen molar-refractivity contribution in [2.75, 3.05) is 39.6 Å². The minimum absolute atomic E-state index is 0.0841. The fourth-order valence-corrected chi connectivity index (χ4v) is 11.8. The molecule has 0 amide bonds. The topological polar surface area (TPSA) is 237 Å². The average molecular weight is 1370 g/mol. The number of phosphoric acid groups is 2. The molecule has 0 saturated heterocycles. The average Bonchev–Trinajstić information content (AvgIpc) is 1.67. The van der Waals surface area contributed by atoms with Gasteiger partial charge in [-0.3, -0.25) is 37.3 Å². The van der Waals surface area contributed by atoms with Crippen molar-refractivity contribution in [2.24, 2.45) is 0 Å². The lowest BCUT2D eigenvalue weighted by atomic mass is 10.0. The van der Waals surface area contributed by atoms with Gasteiger partial charge < -0.3 is 33.8 Å². The van der Waals surface area contributed by atoms with Crippen LogP contribution in [0.2, 0.25) is 0 Å². The van der Waals surface area contributed by atoms with E-state index < -0.39 is 97.5 Å². The Kier molecular flexibility index (Phi) is 65.9. The van der Waals surface area contributed by atoms with E-state index in [1.165, 1.54) is 103 Å². The second kappa shape index (κ2) is 68.3. The molecule has 0 aliphatic carbocycles. The zero-order valence-electron chi connectivity index (χ0n) is 59.6. The number of rotatable bonds is 71. The number of esters is 4. The molecule has 0 aliphatic heterocycles. The Hall–Kier alpha value is -3.24. The third-order valence-electron chi connectivity index (χ3n) is 16.0. The van der Waals surface area contributed by atoms with Gasteiger partial charge in [-0.25, -0.2) is 9.13 Å². The highest BCUT2D eigenvalue weighted by atomic mass is 31.2. The van der Waals surface area contributed by atoms with E-state index in [4.69, 9.17) is 37.0 Å². The van der Waals surface area contributed by atoms with Crippen LogP contribution >= 0.6 is 15.6 Å². The van der Waals surface area contributed by atoms with Crippen LogP contribution in [-0.2, 0) is 65.4 Å². The van der Waals surface area contributed by atoms with E-state index in [2.05, 4.69) is 88.5 Å². The van der Waals surface area contributed by atoms with Crippen molar-refractivity contribution in [3.05, 3.63) is 60.8 Å². The van der Waals surface area contributed by atoms with Gasteiger partial charge in [0, 0.05) is 25.7 Å². The third-order valence-corrected chi connectivity index (χ3v) is 17.9. The number of hydrogen-bond acceptors (Lipinski definition) is 15. The maximum Gasteiger partial charge on any atom is 0.472 e. The van der Waals surface area contributed by atoms with Crippen LogP contribution in [0, 0.1) is 0 Å². The van der Waals surface area contributed by atoms with Gasteiger partial charge >= 0.3 is 39.5 Å². The molecule has 19 heteroatoms. The smallest absolute Gasteiger partial charge is 0.462 e. The molecule has 548 valence electrons. The molecule has 17 nitrogen and oxygen atoms in total. The van der Waals surface area contributed by atoms with Gasteiger partial charge in [-0.05, 0) is 109 Å². The molecule has 0 bridgehead atoms. The summed E-state index contributed by atoms with van der Waals surface area (Å²) in [5, 5.41) is 10.6. The van der Waals surface area contributed by atoms with Crippen LogP contribution in [-0.4, -0.2) is 96.7 Å². The number of phosphoric ester groups is 2. The first-order valence-electron chi connectivity index (χ1n) is 37.5. The number of unbranched alkanes of at least 4 members (excludes halogenated alkanes) is 35. The summed E-state index contributed by atoms with van der Waals surface area (Å²) in [6.07, 6.45) is 65.0. The quantitative estimate of drug-likeness (QED) is 0.0169. The lowest BCUT2D eigenvalue weighted by molar-refractivity contribution is -0.161. The van der Waals surface area contributed by atoms with E-state index in [1.807, 2.05) is 0 Å². The standard InChI is InChI=1S/C75H136O17P2/c1-5-9-13-17-21-25-29-33-34-38-40-44-48-52-56-60-73(78)86-66-71(92-75(80)62-58-54-50-46-42-37-32-28-24-20-16-12-8-4)68-90-94(83,84)88-64-69(76)63-87-93(81,82)89-67-70(91-74(79)61-57-53-49-45-41-36-31-27-23-19-15-11-7-3)65-85-72(77)59-55-51-47-43-39-35-30-26-22-18-14-10-6-2/h9,13,21,25-26,28,30,32-34,69-71,76H,5-8,10-12,14-20,22-24,27,29,31,35-68H2,1-4H3,(H,81,82)(H,83,84)/b13-9-,25-21-,30-26-,32-28-,34-33-. The van der Waals surface area contributed by atoms with Crippen LogP contribution in [0.25, 0.3) is 0 Å². The Morgan fingerprint density at radius 1 is 0.309 bits per heavy atom. The lowest BCUT2D eigenvalue weighted by Gasteiger charge is -2.21. The first kappa shape index (κ1) is 90.8. The molecule has 3 N–H and O–H groups in total. The molecular weight excluding hydrogens is 1230 g/mol. The zero-order chi connectivity index (χ0) is 69.0. The van der Waals surface area contributed by atoms with Crippen molar-refractivity contribution in [3.8, 4) is 0 Å². The van der Waals surface area contributed by atoms with Crippen molar-refractivity contribution >= 4 is 39.5 Å². The van der Waals surface area contributed by atoms with Crippen molar-refractivity contribution < 1.29 is 80.2 Å². The highest BCUT2D eigenvalue weighted by Gasteiger charge is 2.30. The largest absolute Gasteiger partial charge is 0.472 e. The summed E-state index contributed by atoms with van der Waals surface area (Å²) in [6.45, 7) is 4.73. The number of hydrogen-bond donors (Lipinski definition) is 3. The molecule has 0 aromatic carbocycles. The molecule has 94 heavy (non-hydrogen) atoms. The normalized spacial score (nSPS) is 14.3. The summed E-state index contributed by atoms with van der Waals surface area (Å²) in [5.74, 6) is -2.19. The van der Waals surface area contributed by atoms with Crippen LogP contribution in [0.1, 0.15) is 336 Å². The number of aliphatic hydroxyl groups excluding tert-OH is 1. The molecule has 0 fully saturated rings. The number of carbonyl (C=O) groups excluding carboxylic acids is 4. The van der Waals surface area contributed by atoms with E-state index in [9.17, 15) is 43.2 Å². The van der Waals surface area contributed by atoms with Gasteiger partial charge in [0.25, 0.3) is 0 Å². The molecule has 5 atom stereocenters. The van der Waals surface area contributed by atoms with E-state index >= 15 is 0 Å². The number of ether oxygens (including phenoxy) is 4. The van der Waals surface area contributed by atoms with Gasteiger partial charge in [0.05, 0.1) is 26.4 Å². The molecule has 0 heterocycles. The highest BCUT2D eigenvalue weighted by Crippen LogP contribution is 2.45. The van der Waals surface area contributed by atoms with E-state index in [-0.39, 0.29) is 25.7 Å². The Bertz CT molecular complexity index is 2030. The molecule has 0 rings (SSSR count). The molecule has 0 aliphatic rings. The number of aliphatic hydroxyl groups is 1. The SMILES string of the molecule is CC/C=C\C/C=C\C/C=C\CCCCCCCC(=O)OCC(COP(=O)(O)OCC(O)COP(=O)(O)OCC(COC(=O)CCCCCCC/C=C\CCCCCC)OC(=O)CCCCCCCCCCCCCCC)OC(=O)CCCCCCC/C=C\CCCCCC. The second-order valence-electron chi connectivity index (χ2n) is 25.2. The van der Waals surface area contributed by atoms with Crippen molar-refractivity contribution in [1.82, 2.24) is 0 Å². The molecule has 5 unspecified atom stereocenters. The van der Waals surface area contributed by atoms with Crippen molar-refractivity contribution in [3.63, 3.8) is 0 Å². The fraction of sp³-hybridized carbons (Fsp3) is 0.813. The summed E-state index contributed by atoms with van der Waals surface area (Å²) in [5.41, 5.74) is 0. The fourth-order valence-electron chi connectivity index (χ4n) is 10.2. The Labute approximate surface area is 571 Å². The van der Waals surface area contributed by atoms with Crippen molar-refractivity contribution in [2.45, 2.75) is 354 Å². The maximum atomic E-state index is 13.0. The summed E-state index contributed by atoms with van der Waals surface area (Å²) in [4.78, 5) is 72.7. The molecule has 0 aromatic heterocycles. The zero-order valence-corrected chi connectivity index (χ0v) is 61.4. The second-order valence-corrected chi connectivity index (χ2v) is 28.1. The van der Waals surface area contributed by atoms with Crippen LogP contribution in [0.3, 0.4) is 0 Å². The molecule has 0 radical (unpaired) electrons. The minimum atomic E-state index is -4.97. The lowest BCUT2D eigenvalue weighted by Crippen LogP contribution is -2.30. The van der Waals surface area contributed by atoms with Crippen LogP contribution in [0.15, 0.2) is 60.8 Å². The summed E-state index contributed by atoms with van der Waals surface area (Å²) < 4.78 is 68.4. The van der Waals surface area contributed by atoms with Gasteiger partial charge in [-0.2, -0.15) is 0 Å². The predicted octanol–water partition coefficient (Wildman–Crippen LogP) is 21.1. The summed E-state index contributed by atoms with van der Waals surface area (Å²) >= 11 is 0. The molecule has 0 spiro atoms. The van der Waals surface area contributed by atoms with E-state index in [0.717, 1.165) is 154 Å². The van der Waals surface area contributed by atoms with E-state index in [1.54, 1.807) is 0 Å². The Morgan fingerprint density at radius 3 is 0.872 bits per heavy atom. The summed E-state index contributed by atoms with van der Waals surface area (Å²) in [6, 6.07) is 0. The van der Waals surface area contributed by atoms with Gasteiger partial charge in [-0.15, -0.1) is 0 Å². The van der Waals surface area contributed by atoms with Crippen LogP contribution in [0.5, 0.6) is 0 Å². The summed E-state index contributed by atoms with van der Waals surface area (Å²) in [7, 11) is -9.93. The van der Waals surface area contributed by atoms with Gasteiger partial charge in [0.15, 0.2) is 12.2 Å². The van der Waals surface area contributed by atoms with Crippen molar-refractivity contribution in [1.29, 1.82) is 0 Å². The molecular formula is C75H136O17P2. The number of allylic oxidation sites excluding steroid dienone is 10. The van der Waals surface area contributed by atoms with Gasteiger partial charge in [-0.1, -0.05) is 262 Å². The minimum Gasteiger partial charge on any atom is -0.462 e. The van der Waals surface area contributed by atoms with Crippen LogP contribution in [0.4, 0.5) is 0 Å². The Balaban J connectivity index is 5.33. The Morgan fingerprint density at radius 2 is 0.553 bits per heavy atom. The first-order chi connectivity index (χ1) is 45.7. The number of carbonyl (C=O) groups is 4. The predicted molar refractivity (Wildman–Crippen MR) is 381 cm³/mol. The highest BCUT2D eigenvalue weighted by molar-refractivity contribution is 7.47.